The molecule has 4 nitrogen and oxygen atoms in total. The number of carbonyl (C=O) groups is 1. The quantitative estimate of drug-likeness (QED) is 0.0790. The number of alkyl halides is 3. The molecule has 0 unspecified atom stereocenters. The van der Waals surface area contributed by atoms with Gasteiger partial charge in [0.25, 0.3) is 13.9 Å². The lowest BCUT2D eigenvalue weighted by molar-refractivity contribution is -0.278. The van der Waals surface area contributed by atoms with Gasteiger partial charge in [0, 0.05) is 12.7 Å². The van der Waals surface area contributed by atoms with Crippen molar-refractivity contribution in [3.63, 3.8) is 0 Å². The SMILES string of the molecule is CCC[C@H](C)C[C@H](C)C[C@H](C)[C@@H](OC(=O)[C@@](OC)(c1ccccc1)C(F)(F)F)/C(C)=C(/C)CO[Si](c1ccccc1)(c1ccccc1)C(C)(C)C. The molecule has 0 amide bonds. The molecule has 0 heterocycles. The summed E-state index contributed by atoms with van der Waals surface area (Å²) in [5, 5.41) is 1.98. The van der Waals surface area contributed by atoms with E-state index in [1.807, 2.05) is 57.2 Å². The van der Waals surface area contributed by atoms with Crippen LogP contribution >= 0.6 is 0 Å². The van der Waals surface area contributed by atoms with Crippen molar-refractivity contribution >= 4 is 24.7 Å². The Bertz CT molecular complexity index is 1500. The number of methoxy groups -OCH3 is 1. The van der Waals surface area contributed by atoms with Crippen LogP contribution in [0.3, 0.4) is 0 Å². The van der Waals surface area contributed by atoms with E-state index < -0.39 is 32.2 Å². The normalized spacial score (nSPS) is 16.7. The average Bonchev–Trinajstić information content (AvgIpc) is 3.07. The third kappa shape index (κ3) is 9.62. The van der Waals surface area contributed by atoms with Gasteiger partial charge in [0.15, 0.2) is 0 Å². The number of hydrogen-bond acceptors (Lipinski definition) is 4. The van der Waals surface area contributed by atoms with Crippen molar-refractivity contribution in [1.29, 1.82) is 0 Å². The van der Waals surface area contributed by atoms with E-state index in [4.69, 9.17) is 13.9 Å². The van der Waals surface area contributed by atoms with Crippen LogP contribution in [0, 0.1) is 17.8 Å². The maximum absolute atomic E-state index is 15.0. The molecule has 0 aromatic heterocycles. The first kappa shape index (κ1) is 42.2. The summed E-state index contributed by atoms with van der Waals surface area (Å²) >= 11 is 0. The Morgan fingerprint density at radius 3 is 1.69 bits per heavy atom. The molecule has 0 bridgehead atoms. The van der Waals surface area contributed by atoms with Gasteiger partial charge in [0.2, 0.25) is 0 Å². The van der Waals surface area contributed by atoms with E-state index in [0.717, 1.165) is 42.3 Å². The van der Waals surface area contributed by atoms with Crippen molar-refractivity contribution in [2.45, 2.75) is 111 Å². The highest BCUT2D eigenvalue weighted by Crippen LogP contribution is 2.44. The zero-order valence-corrected chi connectivity index (χ0v) is 33.3. The Morgan fingerprint density at radius 2 is 1.25 bits per heavy atom. The first-order chi connectivity index (χ1) is 24.0. The highest BCUT2D eigenvalue weighted by molar-refractivity contribution is 6.99. The molecular weight excluding hydrogens is 666 g/mol. The predicted molar refractivity (Wildman–Crippen MR) is 205 cm³/mol. The number of benzene rings is 3. The zero-order chi connectivity index (χ0) is 38.0. The summed E-state index contributed by atoms with van der Waals surface area (Å²) in [6.45, 7) is 19.1. The standard InChI is InChI=1S/C43H59F3O4Si/c1-11-21-31(2)28-32(3)29-33(4)39(50-40(47)42(48-10,43(44,45)46)36-22-15-12-16-23-36)35(6)34(5)30-49-51(41(7,8)9,37-24-17-13-18-25-37)38-26-19-14-20-27-38/h12-20,22-27,31-33,39H,11,21,28-30H2,1-10H3/b35-34-/t31-,32-,33-,39+,42-/m0/s1. The van der Waals surface area contributed by atoms with Gasteiger partial charge in [-0.2, -0.15) is 13.2 Å². The van der Waals surface area contributed by atoms with Crippen molar-refractivity contribution in [2.75, 3.05) is 13.7 Å². The summed E-state index contributed by atoms with van der Waals surface area (Å²) < 4.78 is 63.3. The highest BCUT2D eigenvalue weighted by atomic mass is 28.4. The van der Waals surface area contributed by atoms with Gasteiger partial charge in [-0.1, -0.05) is 152 Å². The molecule has 280 valence electrons. The molecule has 3 rings (SSSR count). The topological polar surface area (TPSA) is 44.8 Å². The molecule has 8 heteroatoms. The Morgan fingerprint density at radius 1 is 0.765 bits per heavy atom. The maximum atomic E-state index is 15.0. The number of ether oxygens (including phenoxy) is 2. The van der Waals surface area contributed by atoms with E-state index in [0.29, 0.717) is 17.9 Å². The van der Waals surface area contributed by atoms with E-state index >= 15 is 0 Å². The lowest BCUT2D eigenvalue weighted by Crippen LogP contribution is -2.66. The van der Waals surface area contributed by atoms with Crippen LogP contribution < -0.4 is 10.4 Å². The van der Waals surface area contributed by atoms with Crippen molar-refractivity contribution in [3.05, 3.63) is 108 Å². The second-order valence-corrected chi connectivity index (χ2v) is 19.7. The van der Waals surface area contributed by atoms with Gasteiger partial charge in [-0.3, -0.25) is 0 Å². The van der Waals surface area contributed by atoms with Crippen LogP contribution in [0.1, 0.15) is 93.6 Å². The van der Waals surface area contributed by atoms with Crippen LogP contribution in [0.2, 0.25) is 5.04 Å². The van der Waals surface area contributed by atoms with Gasteiger partial charge in [-0.25, -0.2) is 4.79 Å². The average molecular weight is 725 g/mol. The van der Waals surface area contributed by atoms with Gasteiger partial charge in [0.05, 0.1) is 6.61 Å². The van der Waals surface area contributed by atoms with Crippen LogP contribution in [0.4, 0.5) is 13.2 Å². The molecule has 0 aliphatic carbocycles. The zero-order valence-electron chi connectivity index (χ0n) is 32.3. The summed E-state index contributed by atoms with van der Waals surface area (Å²) in [7, 11) is -2.01. The molecule has 0 radical (unpaired) electrons. The number of halogens is 3. The second kappa shape index (κ2) is 18.0. The molecule has 0 saturated heterocycles. The van der Waals surface area contributed by atoms with Crippen molar-refractivity contribution < 1.29 is 31.9 Å². The molecular formula is C43H59F3O4Si. The number of carbonyl (C=O) groups excluding carboxylic acids is 1. The minimum absolute atomic E-state index is 0.219. The van der Waals surface area contributed by atoms with Crippen LogP contribution in [0.5, 0.6) is 0 Å². The van der Waals surface area contributed by atoms with Gasteiger partial charge < -0.3 is 13.9 Å². The second-order valence-electron chi connectivity index (χ2n) is 15.4. The van der Waals surface area contributed by atoms with E-state index in [-0.39, 0.29) is 29.0 Å². The van der Waals surface area contributed by atoms with Crippen molar-refractivity contribution in [3.8, 4) is 0 Å². The third-order valence-electron chi connectivity index (χ3n) is 10.3. The lowest BCUT2D eigenvalue weighted by atomic mass is 9.83. The Hall–Kier alpha value is -3.20. The molecule has 5 atom stereocenters. The Labute approximate surface area is 305 Å². The molecule has 51 heavy (non-hydrogen) atoms. The van der Waals surface area contributed by atoms with Gasteiger partial charge in [0.1, 0.15) is 6.10 Å². The van der Waals surface area contributed by atoms with Crippen molar-refractivity contribution in [1.82, 2.24) is 0 Å². The molecule has 3 aromatic rings. The maximum Gasteiger partial charge on any atom is 0.432 e. The van der Waals surface area contributed by atoms with E-state index in [9.17, 15) is 18.0 Å². The predicted octanol–water partition coefficient (Wildman–Crippen LogP) is 10.4. The molecule has 0 aliphatic heterocycles. The highest BCUT2D eigenvalue weighted by Gasteiger charge is 2.64. The van der Waals surface area contributed by atoms with Crippen LogP contribution in [0.25, 0.3) is 0 Å². The van der Waals surface area contributed by atoms with E-state index in [1.54, 1.807) is 6.07 Å². The smallest absolute Gasteiger partial charge is 0.432 e. The number of esters is 1. The van der Waals surface area contributed by atoms with E-state index in [1.165, 1.54) is 24.3 Å². The number of hydrogen-bond donors (Lipinski definition) is 0. The van der Waals surface area contributed by atoms with E-state index in [2.05, 4.69) is 65.8 Å². The molecule has 0 aliphatic rings. The number of rotatable bonds is 17. The fraction of sp³-hybridized carbons (Fsp3) is 0.512. The monoisotopic (exact) mass is 724 g/mol. The molecule has 0 fully saturated rings. The Kier molecular flexibility index (Phi) is 14.9. The summed E-state index contributed by atoms with van der Waals surface area (Å²) in [4.78, 5) is 14.0. The first-order valence-corrected chi connectivity index (χ1v) is 20.2. The summed E-state index contributed by atoms with van der Waals surface area (Å²) in [6.07, 6.45) is -2.17. The van der Waals surface area contributed by atoms with Gasteiger partial charge >= 0.3 is 12.1 Å². The molecule has 0 N–H and O–H groups in total. The molecule has 0 spiro atoms. The first-order valence-electron chi connectivity index (χ1n) is 18.3. The fourth-order valence-corrected chi connectivity index (χ4v) is 12.3. The summed E-state index contributed by atoms with van der Waals surface area (Å²) in [6, 6.07) is 27.6. The summed E-state index contributed by atoms with van der Waals surface area (Å²) in [5.74, 6) is -0.972. The molecule has 0 saturated carbocycles. The minimum atomic E-state index is -5.07. The van der Waals surface area contributed by atoms with Crippen molar-refractivity contribution in [2.24, 2.45) is 17.8 Å². The minimum Gasteiger partial charge on any atom is -0.455 e. The van der Waals surface area contributed by atoms with Gasteiger partial charge in [-0.15, -0.1) is 0 Å². The largest absolute Gasteiger partial charge is 0.455 e. The lowest BCUT2D eigenvalue weighted by Gasteiger charge is -2.43. The van der Waals surface area contributed by atoms with Crippen LogP contribution in [-0.4, -0.2) is 40.3 Å². The fourth-order valence-electron chi connectivity index (χ4n) is 7.70. The molecule has 3 aromatic carbocycles. The summed E-state index contributed by atoms with van der Waals surface area (Å²) in [5.41, 5.74) is -2.11. The Balaban J connectivity index is 2.11. The van der Waals surface area contributed by atoms with Crippen LogP contribution in [0.15, 0.2) is 102 Å². The van der Waals surface area contributed by atoms with Crippen LogP contribution in [-0.2, 0) is 24.3 Å². The third-order valence-corrected chi connectivity index (χ3v) is 15.3. The van der Waals surface area contributed by atoms with Gasteiger partial charge in [-0.05, 0) is 71.0 Å².